The molecule has 1 aliphatic rings. The van der Waals surface area contributed by atoms with E-state index in [0.29, 0.717) is 10.8 Å². The molecule has 24 heavy (non-hydrogen) atoms. The molecule has 0 aromatic heterocycles. The number of hydrogen-bond donors (Lipinski definition) is 0. The molecular formula is C18H8F6. The third-order valence-electron chi connectivity index (χ3n) is 4.28. The second-order valence-electron chi connectivity index (χ2n) is 5.60. The Hall–Kier alpha value is -2.50. The zero-order chi connectivity index (χ0) is 17.3. The molecule has 3 aromatic rings. The van der Waals surface area contributed by atoms with Gasteiger partial charge in [-0.25, -0.2) is 4.39 Å². The van der Waals surface area contributed by atoms with Crippen LogP contribution in [0.15, 0.2) is 54.1 Å². The smallest absolute Gasteiger partial charge is 0.206 e. The second-order valence-corrected chi connectivity index (χ2v) is 5.60. The van der Waals surface area contributed by atoms with Crippen molar-refractivity contribution in [3.05, 3.63) is 65.2 Å². The summed E-state index contributed by atoms with van der Waals surface area (Å²) in [5.41, 5.74) is -4.00. The van der Waals surface area contributed by atoms with Gasteiger partial charge in [-0.2, -0.15) is 22.0 Å². The van der Waals surface area contributed by atoms with Gasteiger partial charge in [0, 0.05) is 11.1 Å². The summed E-state index contributed by atoms with van der Waals surface area (Å²) in [6.07, 6.45) is -5.46. The number of rotatable bonds is 0. The zero-order valence-corrected chi connectivity index (χ0v) is 11.9. The summed E-state index contributed by atoms with van der Waals surface area (Å²) in [5, 5.41) is 0.761. The van der Waals surface area contributed by atoms with Crippen molar-refractivity contribution < 1.29 is 26.3 Å². The summed E-state index contributed by atoms with van der Waals surface area (Å²) in [5.74, 6) is -6.34. The van der Waals surface area contributed by atoms with Crippen LogP contribution >= 0.6 is 0 Å². The topological polar surface area (TPSA) is 0 Å². The van der Waals surface area contributed by atoms with Crippen LogP contribution in [-0.2, 0) is 5.92 Å². The Bertz CT molecular complexity index is 1030. The van der Waals surface area contributed by atoms with Crippen LogP contribution < -0.4 is 0 Å². The molecule has 0 spiro atoms. The van der Waals surface area contributed by atoms with Crippen molar-refractivity contribution in [3.63, 3.8) is 0 Å². The highest BCUT2D eigenvalue weighted by molar-refractivity contribution is 6.15. The third-order valence-corrected chi connectivity index (χ3v) is 4.28. The van der Waals surface area contributed by atoms with Crippen molar-refractivity contribution in [1.29, 1.82) is 0 Å². The Labute approximate surface area is 132 Å². The predicted octanol–water partition coefficient (Wildman–Crippen LogP) is 6.34. The molecule has 0 radical (unpaired) electrons. The fourth-order valence-electron chi connectivity index (χ4n) is 3.39. The van der Waals surface area contributed by atoms with Crippen molar-refractivity contribution >= 4 is 27.4 Å². The van der Waals surface area contributed by atoms with Crippen molar-refractivity contribution in [2.75, 3.05) is 0 Å². The van der Waals surface area contributed by atoms with Crippen LogP contribution in [0, 0.1) is 0 Å². The summed E-state index contributed by atoms with van der Waals surface area (Å²) in [6.45, 7) is 0. The Morgan fingerprint density at radius 2 is 1.17 bits per heavy atom. The van der Waals surface area contributed by atoms with Crippen LogP contribution in [0.1, 0.15) is 11.1 Å². The number of alkyl halides is 5. The van der Waals surface area contributed by atoms with Gasteiger partial charge in [-0.15, -0.1) is 0 Å². The molecule has 0 N–H and O–H groups in total. The van der Waals surface area contributed by atoms with Gasteiger partial charge in [-0.05, 0) is 21.5 Å². The molecule has 0 bridgehead atoms. The largest absolute Gasteiger partial charge is 0.421 e. The van der Waals surface area contributed by atoms with E-state index in [-0.39, 0.29) is 10.8 Å². The molecule has 6 heteroatoms. The standard InChI is InChI=1S/C18H8F6/c19-15-13-11-7-3-1-5-9(11)10-6-2-4-8-12(10)14(13)17(20,21)16(15)18(22,23)24/h1-8H. The third kappa shape index (κ3) is 1.76. The maximum absolute atomic E-state index is 14.6. The summed E-state index contributed by atoms with van der Waals surface area (Å²) < 4.78 is 83.0. The molecule has 0 atom stereocenters. The van der Waals surface area contributed by atoms with E-state index in [1.54, 1.807) is 18.2 Å². The van der Waals surface area contributed by atoms with Gasteiger partial charge in [0.25, 0.3) is 0 Å². The van der Waals surface area contributed by atoms with E-state index >= 15 is 0 Å². The Kier molecular flexibility index (Phi) is 2.84. The first-order valence-corrected chi connectivity index (χ1v) is 7.04. The van der Waals surface area contributed by atoms with Gasteiger partial charge in [0.1, 0.15) is 11.4 Å². The molecular weight excluding hydrogens is 330 g/mol. The lowest BCUT2D eigenvalue weighted by Gasteiger charge is -2.19. The van der Waals surface area contributed by atoms with Crippen molar-refractivity contribution in [1.82, 2.24) is 0 Å². The number of hydrogen-bond acceptors (Lipinski definition) is 0. The van der Waals surface area contributed by atoms with Gasteiger partial charge in [0.2, 0.25) is 0 Å². The first kappa shape index (κ1) is 15.1. The van der Waals surface area contributed by atoms with E-state index in [0.717, 1.165) is 0 Å². The normalized spacial score (nSPS) is 16.9. The van der Waals surface area contributed by atoms with Gasteiger partial charge in [0.05, 0.1) is 0 Å². The maximum Gasteiger partial charge on any atom is 0.421 e. The van der Waals surface area contributed by atoms with Gasteiger partial charge >= 0.3 is 12.1 Å². The van der Waals surface area contributed by atoms with E-state index in [2.05, 4.69) is 0 Å². The van der Waals surface area contributed by atoms with Crippen molar-refractivity contribution in [2.24, 2.45) is 0 Å². The minimum atomic E-state index is -5.46. The highest BCUT2D eigenvalue weighted by Gasteiger charge is 2.59. The summed E-state index contributed by atoms with van der Waals surface area (Å²) in [6, 6.07) is 11.9. The number of allylic oxidation sites excluding steroid dienone is 1. The Morgan fingerprint density at radius 1 is 0.708 bits per heavy atom. The van der Waals surface area contributed by atoms with Crippen molar-refractivity contribution in [2.45, 2.75) is 12.1 Å². The van der Waals surface area contributed by atoms with E-state index < -0.39 is 34.6 Å². The molecule has 0 amide bonds. The fourth-order valence-corrected chi connectivity index (χ4v) is 3.39. The lowest BCUT2D eigenvalue weighted by molar-refractivity contribution is -0.129. The molecule has 0 saturated heterocycles. The fraction of sp³-hybridized carbons (Fsp3) is 0.111. The average molecular weight is 338 g/mol. The minimum Gasteiger partial charge on any atom is -0.206 e. The van der Waals surface area contributed by atoms with Gasteiger partial charge < -0.3 is 0 Å². The molecule has 0 unspecified atom stereocenters. The van der Waals surface area contributed by atoms with Crippen LogP contribution in [0.25, 0.3) is 27.4 Å². The maximum atomic E-state index is 14.6. The summed E-state index contributed by atoms with van der Waals surface area (Å²) in [7, 11) is 0. The number of fused-ring (bicyclic) bond motifs is 6. The van der Waals surface area contributed by atoms with Crippen molar-refractivity contribution in [3.8, 4) is 0 Å². The average Bonchev–Trinajstić information content (AvgIpc) is 2.74. The van der Waals surface area contributed by atoms with Gasteiger partial charge in [-0.1, -0.05) is 48.5 Å². The number of halogens is 6. The van der Waals surface area contributed by atoms with Crippen LogP contribution in [-0.4, -0.2) is 6.18 Å². The number of benzene rings is 3. The van der Waals surface area contributed by atoms with Crippen LogP contribution in [0.3, 0.4) is 0 Å². The predicted molar refractivity (Wildman–Crippen MR) is 79.4 cm³/mol. The molecule has 0 fully saturated rings. The molecule has 1 aliphatic carbocycles. The lowest BCUT2D eigenvalue weighted by Crippen LogP contribution is -2.25. The highest BCUT2D eigenvalue weighted by atomic mass is 19.4. The van der Waals surface area contributed by atoms with Crippen LogP contribution in [0.2, 0.25) is 0 Å². The lowest BCUT2D eigenvalue weighted by atomic mass is 9.91. The van der Waals surface area contributed by atoms with Crippen LogP contribution in [0.4, 0.5) is 26.3 Å². The quantitative estimate of drug-likeness (QED) is 0.331. The molecule has 3 aromatic carbocycles. The molecule has 4 rings (SSSR count). The van der Waals surface area contributed by atoms with E-state index in [4.69, 9.17) is 0 Å². The second kappa shape index (κ2) is 4.53. The van der Waals surface area contributed by atoms with Gasteiger partial charge in [-0.3, -0.25) is 0 Å². The van der Waals surface area contributed by atoms with E-state index in [1.165, 1.54) is 30.3 Å². The van der Waals surface area contributed by atoms with Crippen LogP contribution in [0.5, 0.6) is 0 Å². The monoisotopic (exact) mass is 338 g/mol. The Balaban J connectivity index is 2.29. The Morgan fingerprint density at radius 3 is 1.71 bits per heavy atom. The zero-order valence-electron chi connectivity index (χ0n) is 11.9. The summed E-state index contributed by atoms with van der Waals surface area (Å²) >= 11 is 0. The van der Waals surface area contributed by atoms with Gasteiger partial charge in [0.15, 0.2) is 0 Å². The highest BCUT2D eigenvalue weighted by Crippen LogP contribution is 2.58. The first-order valence-electron chi connectivity index (χ1n) is 7.04. The minimum absolute atomic E-state index is 0.0441. The molecule has 122 valence electrons. The summed E-state index contributed by atoms with van der Waals surface area (Å²) in [4.78, 5) is 0. The molecule has 0 heterocycles. The van der Waals surface area contributed by atoms with E-state index in [9.17, 15) is 26.3 Å². The SMILES string of the molecule is FC1=C(C(F)(F)F)C(F)(F)c2c1c1ccccc1c1ccccc21. The molecule has 0 nitrogen and oxygen atoms in total. The molecule has 0 aliphatic heterocycles. The van der Waals surface area contributed by atoms with E-state index in [1.807, 2.05) is 0 Å². The first-order chi connectivity index (χ1) is 11.2. The molecule has 0 saturated carbocycles.